The molecule has 0 aromatic heterocycles. The number of rotatable bonds is 3. The fourth-order valence-corrected chi connectivity index (χ4v) is 5.67. The summed E-state index contributed by atoms with van der Waals surface area (Å²) in [6, 6.07) is 11.3. The molecule has 2 aliphatic heterocycles. The molecule has 0 spiro atoms. The second-order valence-electron chi connectivity index (χ2n) is 8.21. The van der Waals surface area contributed by atoms with Crippen molar-refractivity contribution in [2.75, 3.05) is 5.32 Å². The number of hydrogen-bond donors (Lipinski definition) is 2. The number of hydrogen-bond acceptors (Lipinski definition) is 2. The minimum Gasteiger partial charge on any atom is -0.360 e. The molecule has 0 radical (unpaired) electrons. The first-order valence-corrected chi connectivity index (χ1v) is 10.5. The zero-order chi connectivity index (χ0) is 17.2. The van der Waals surface area contributed by atoms with Crippen LogP contribution in [0.2, 0.25) is 0 Å². The summed E-state index contributed by atoms with van der Waals surface area (Å²) in [5.74, 6) is 0. The molecule has 4 rings (SSSR count). The molecule has 0 amide bonds. The first kappa shape index (κ1) is 17.3. The predicted molar refractivity (Wildman–Crippen MR) is 109 cm³/mol. The van der Waals surface area contributed by atoms with Gasteiger partial charge in [-0.3, -0.25) is 4.90 Å². The van der Waals surface area contributed by atoms with Gasteiger partial charge in [-0.05, 0) is 69.3 Å². The van der Waals surface area contributed by atoms with Gasteiger partial charge in [0.15, 0.2) is 5.11 Å². The fraction of sp³-hybridized carbons (Fsp3) is 0.667. The normalized spacial score (nSPS) is 30.2. The highest BCUT2D eigenvalue weighted by atomic mass is 32.1. The zero-order valence-electron chi connectivity index (χ0n) is 15.3. The summed E-state index contributed by atoms with van der Waals surface area (Å²) in [4.78, 5) is 2.92. The van der Waals surface area contributed by atoms with E-state index < -0.39 is 0 Å². The van der Waals surface area contributed by atoms with Crippen LogP contribution in [0.1, 0.15) is 63.4 Å². The smallest absolute Gasteiger partial charge is 0.171 e. The van der Waals surface area contributed by atoms with Crippen LogP contribution in [0.4, 0.5) is 5.69 Å². The number of anilines is 1. The van der Waals surface area contributed by atoms with Gasteiger partial charge in [-0.2, -0.15) is 0 Å². The van der Waals surface area contributed by atoms with Gasteiger partial charge in [-0.1, -0.05) is 37.5 Å². The number of nitrogens with one attached hydrogen (secondary N) is 2. The SMILES string of the molecule is Cc1ccccc1NC(=S)NC1C[C@H]2CCC[C@@H](C1)N2C1CCCC1. The van der Waals surface area contributed by atoms with Gasteiger partial charge in [0.05, 0.1) is 0 Å². The van der Waals surface area contributed by atoms with Crippen LogP contribution in [0.3, 0.4) is 0 Å². The first-order chi connectivity index (χ1) is 12.2. The predicted octanol–water partition coefficient (Wildman–Crippen LogP) is 4.61. The van der Waals surface area contributed by atoms with E-state index in [-0.39, 0.29) is 0 Å². The maximum atomic E-state index is 5.61. The Morgan fingerprint density at radius 3 is 2.28 bits per heavy atom. The zero-order valence-corrected chi connectivity index (χ0v) is 16.2. The van der Waals surface area contributed by atoms with Crippen LogP contribution in [-0.4, -0.2) is 34.2 Å². The van der Waals surface area contributed by atoms with Crippen molar-refractivity contribution in [3.05, 3.63) is 29.8 Å². The maximum absolute atomic E-state index is 5.61. The molecule has 2 N–H and O–H groups in total. The third-order valence-electron chi connectivity index (χ3n) is 6.51. The van der Waals surface area contributed by atoms with Gasteiger partial charge in [-0.15, -0.1) is 0 Å². The summed E-state index contributed by atoms with van der Waals surface area (Å²) in [5.41, 5.74) is 2.35. The largest absolute Gasteiger partial charge is 0.360 e. The molecule has 2 bridgehead atoms. The van der Waals surface area contributed by atoms with Gasteiger partial charge < -0.3 is 10.6 Å². The van der Waals surface area contributed by atoms with Crippen molar-refractivity contribution in [3.63, 3.8) is 0 Å². The van der Waals surface area contributed by atoms with Crippen molar-refractivity contribution in [3.8, 4) is 0 Å². The molecular formula is C21H31N3S. The van der Waals surface area contributed by atoms with Crippen LogP contribution in [0.25, 0.3) is 0 Å². The molecule has 1 saturated carbocycles. The second kappa shape index (κ2) is 7.63. The highest BCUT2D eigenvalue weighted by molar-refractivity contribution is 7.80. The third kappa shape index (κ3) is 3.85. The van der Waals surface area contributed by atoms with Gasteiger partial charge in [0.2, 0.25) is 0 Å². The standard InChI is InChI=1S/C21H31N3S/c1-15-7-2-5-12-20(15)23-21(25)22-16-13-18-10-6-11-19(14-16)24(18)17-8-3-4-9-17/h2,5,7,12,16-19H,3-4,6,8-11,13-14H2,1H3,(H2,22,23,25)/t16?,18-,19+. The van der Waals surface area contributed by atoms with Gasteiger partial charge in [-0.25, -0.2) is 0 Å². The Kier molecular flexibility index (Phi) is 5.28. The van der Waals surface area contributed by atoms with Crippen molar-refractivity contribution in [1.82, 2.24) is 10.2 Å². The van der Waals surface area contributed by atoms with E-state index in [9.17, 15) is 0 Å². The second-order valence-corrected chi connectivity index (χ2v) is 8.61. The van der Waals surface area contributed by atoms with Gasteiger partial charge in [0, 0.05) is 29.9 Å². The third-order valence-corrected chi connectivity index (χ3v) is 6.73. The Bertz CT molecular complexity index is 597. The number of aryl methyl sites for hydroxylation is 1. The maximum Gasteiger partial charge on any atom is 0.171 e. The van der Waals surface area contributed by atoms with Crippen LogP contribution in [-0.2, 0) is 0 Å². The molecule has 1 unspecified atom stereocenters. The van der Waals surface area contributed by atoms with E-state index in [1.807, 2.05) is 0 Å². The van der Waals surface area contributed by atoms with Gasteiger partial charge >= 0.3 is 0 Å². The van der Waals surface area contributed by atoms with E-state index in [1.54, 1.807) is 0 Å². The molecule has 3 nitrogen and oxygen atoms in total. The van der Waals surface area contributed by atoms with Crippen molar-refractivity contribution in [2.45, 2.75) is 88.9 Å². The number of benzene rings is 1. The fourth-order valence-electron chi connectivity index (χ4n) is 5.39. The molecule has 2 saturated heterocycles. The van der Waals surface area contributed by atoms with Crippen molar-refractivity contribution in [1.29, 1.82) is 0 Å². The van der Waals surface area contributed by atoms with Crippen molar-refractivity contribution in [2.24, 2.45) is 0 Å². The van der Waals surface area contributed by atoms with Gasteiger partial charge in [0.25, 0.3) is 0 Å². The van der Waals surface area contributed by atoms with Gasteiger partial charge in [0.1, 0.15) is 0 Å². The van der Waals surface area contributed by atoms with E-state index >= 15 is 0 Å². The number of nitrogens with zero attached hydrogens (tertiary/aromatic N) is 1. The highest BCUT2D eigenvalue weighted by Crippen LogP contribution is 2.39. The molecular weight excluding hydrogens is 326 g/mol. The molecule has 4 heteroatoms. The van der Waals surface area contributed by atoms with Crippen LogP contribution in [0, 0.1) is 6.92 Å². The topological polar surface area (TPSA) is 27.3 Å². The lowest BCUT2D eigenvalue weighted by Crippen LogP contribution is -2.59. The van der Waals surface area contributed by atoms with Crippen LogP contribution >= 0.6 is 12.2 Å². The molecule has 3 fully saturated rings. The Labute approximate surface area is 157 Å². The molecule has 1 aliphatic carbocycles. The van der Waals surface area contributed by atoms with Crippen molar-refractivity contribution < 1.29 is 0 Å². The molecule has 3 atom stereocenters. The number of fused-ring (bicyclic) bond motifs is 2. The summed E-state index contributed by atoms with van der Waals surface area (Å²) < 4.78 is 0. The average Bonchev–Trinajstić information content (AvgIpc) is 3.10. The minimum atomic E-state index is 0.525. The number of para-hydroxylation sites is 1. The van der Waals surface area contributed by atoms with E-state index in [0.29, 0.717) is 6.04 Å². The Morgan fingerprint density at radius 2 is 1.60 bits per heavy atom. The molecule has 2 heterocycles. The van der Waals surface area contributed by atoms with E-state index in [4.69, 9.17) is 12.2 Å². The number of thiocarbonyl (C=S) groups is 1. The molecule has 1 aromatic carbocycles. The van der Waals surface area contributed by atoms with Crippen LogP contribution in [0.5, 0.6) is 0 Å². The van der Waals surface area contributed by atoms with Crippen LogP contribution in [0.15, 0.2) is 24.3 Å². The molecule has 3 aliphatic rings. The average molecular weight is 358 g/mol. The van der Waals surface area contributed by atoms with E-state index in [0.717, 1.165) is 28.9 Å². The minimum absolute atomic E-state index is 0.525. The molecule has 136 valence electrons. The summed E-state index contributed by atoms with van der Waals surface area (Å²) in [7, 11) is 0. The van der Waals surface area contributed by atoms with E-state index in [2.05, 4.69) is 46.7 Å². The van der Waals surface area contributed by atoms with Crippen molar-refractivity contribution >= 4 is 23.0 Å². The lowest BCUT2D eigenvalue weighted by molar-refractivity contribution is -0.00596. The highest BCUT2D eigenvalue weighted by Gasteiger charge is 2.42. The molecule has 25 heavy (non-hydrogen) atoms. The lowest BCUT2D eigenvalue weighted by Gasteiger charge is -2.52. The Morgan fingerprint density at radius 1 is 0.960 bits per heavy atom. The Hall–Kier alpha value is -1.13. The summed E-state index contributed by atoms with van der Waals surface area (Å²) in [6.45, 7) is 2.12. The summed E-state index contributed by atoms with van der Waals surface area (Å²) in [6.07, 6.45) is 12.4. The lowest BCUT2D eigenvalue weighted by atomic mass is 9.80. The number of piperidine rings is 2. The van der Waals surface area contributed by atoms with E-state index in [1.165, 1.54) is 63.4 Å². The quantitative estimate of drug-likeness (QED) is 0.773. The van der Waals surface area contributed by atoms with Crippen LogP contribution < -0.4 is 10.6 Å². The summed E-state index contributed by atoms with van der Waals surface area (Å²) in [5, 5.41) is 7.81. The molecule has 1 aromatic rings. The Balaban J connectivity index is 1.36. The first-order valence-electron chi connectivity index (χ1n) is 10.1. The monoisotopic (exact) mass is 357 g/mol. The summed E-state index contributed by atoms with van der Waals surface area (Å²) >= 11 is 5.61.